The van der Waals surface area contributed by atoms with Crippen LogP contribution in [0.1, 0.15) is 13.8 Å². The molecule has 3 rings (SSSR count). The van der Waals surface area contributed by atoms with Crippen LogP contribution < -0.4 is 5.32 Å². The fourth-order valence-electron chi connectivity index (χ4n) is 2.69. The first-order valence-corrected chi connectivity index (χ1v) is 7.22. The zero-order chi connectivity index (χ0) is 15.7. The number of aromatic amines is 1. The van der Waals surface area contributed by atoms with E-state index in [0.717, 1.165) is 10.9 Å². The van der Waals surface area contributed by atoms with Crippen LogP contribution in [0.2, 0.25) is 0 Å². The summed E-state index contributed by atoms with van der Waals surface area (Å²) in [5.74, 6) is -1.17. The van der Waals surface area contributed by atoms with Gasteiger partial charge in [-0.05, 0) is 32.0 Å². The minimum absolute atomic E-state index is 0.0677. The third-order valence-corrected chi connectivity index (χ3v) is 3.60. The maximum Gasteiger partial charge on any atom is 0.313 e. The summed E-state index contributed by atoms with van der Waals surface area (Å²) in [6.07, 6.45) is 1.56. The van der Waals surface area contributed by atoms with Gasteiger partial charge in [0, 0.05) is 24.2 Å². The molecule has 2 unspecified atom stereocenters. The van der Waals surface area contributed by atoms with Crippen molar-refractivity contribution in [3.8, 4) is 0 Å². The van der Waals surface area contributed by atoms with Crippen molar-refractivity contribution in [3.63, 3.8) is 0 Å². The van der Waals surface area contributed by atoms with Crippen molar-refractivity contribution < 1.29 is 14.3 Å². The lowest BCUT2D eigenvalue weighted by atomic mass is 10.2. The van der Waals surface area contributed by atoms with Crippen LogP contribution in [0.3, 0.4) is 0 Å². The van der Waals surface area contributed by atoms with Gasteiger partial charge in [0.05, 0.1) is 23.9 Å². The van der Waals surface area contributed by atoms with Gasteiger partial charge in [-0.2, -0.15) is 5.10 Å². The zero-order valence-corrected chi connectivity index (χ0v) is 12.5. The number of amides is 2. The summed E-state index contributed by atoms with van der Waals surface area (Å²) in [5.41, 5.74) is 1.36. The van der Waals surface area contributed by atoms with E-state index in [-0.39, 0.29) is 12.2 Å². The molecule has 1 aromatic heterocycles. The number of carbonyl (C=O) groups is 2. The van der Waals surface area contributed by atoms with Gasteiger partial charge in [-0.3, -0.25) is 14.7 Å². The summed E-state index contributed by atoms with van der Waals surface area (Å²) in [6, 6.07) is 5.32. The van der Waals surface area contributed by atoms with Crippen LogP contribution in [0.25, 0.3) is 10.9 Å². The minimum Gasteiger partial charge on any atom is -0.372 e. The Morgan fingerprint density at radius 1 is 1.32 bits per heavy atom. The fourth-order valence-corrected chi connectivity index (χ4v) is 2.69. The molecule has 0 spiro atoms. The Morgan fingerprint density at radius 3 is 2.77 bits per heavy atom. The van der Waals surface area contributed by atoms with E-state index in [2.05, 4.69) is 15.5 Å². The van der Waals surface area contributed by atoms with E-state index in [0.29, 0.717) is 18.8 Å². The average molecular weight is 302 g/mol. The van der Waals surface area contributed by atoms with Gasteiger partial charge in [0.25, 0.3) is 0 Å². The number of benzene rings is 1. The number of morpholine rings is 1. The monoisotopic (exact) mass is 302 g/mol. The summed E-state index contributed by atoms with van der Waals surface area (Å²) in [4.78, 5) is 25.9. The number of hydrogen-bond donors (Lipinski definition) is 2. The van der Waals surface area contributed by atoms with Crippen LogP contribution >= 0.6 is 0 Å². The second-order valence-electron chi connectivity index (χ2n) is 5.59. The van der Waals surface area contributed by atoms with Crippen molar-refractivity contribution in [2.45, 2.75) is 26.1 Å². The summed E-state index contributed by atoms with van der Waals surface area (Å²) in [5, 5.41) is 10.3. The van der Waals surface area contributed by atoms with Crippen LogP contribution in [0.4, 0.5) is 5.69 Å². The van der Waals surface area contributed by atoms with Crippen LogP contribution in [0.15, 0.2) is 24.4 Å². The minimum atomic E-state index is -0.639. The first-order chi connectivity index (χ1) is 10.5. The third-order valence-electron chi connectivity index (χ3n) is 3.60. The number of aromatic nitrogens is 2. The molecule has 2 amide bonds. The standard InChI is InChI=1S/C15H18N4O3/c1-9-7-19(8-10(2)22-9)15(21)14(20)17-12-4-3-11-6-16-18-13(11)5-12/h3-6,9-10H,7-8H2,1-2H3,(H,16,18)(H,17,20). The Morgan fingerprint density at radius 2 is 2.05 bits per heavy atom. The van der Waals surface area contributed by atoms with E-state index >= 15 is 0 Å². The zero-order valence-electron chi connectivity index (χ0n) is 12.5. The maximum absolute atomic E-state index is 12.2. The van der Waals surface area contributed by atoms with Gasteiger partial charge < -0.3 is 15.0 Å². The van der Waals surface area contributed by atoms with Crippen LogP contribution in [0, 0.1) is 0 Å². The Bertz CT molecular complexity index is 702. The van der Waals surface area contributed by atoms with E-state index in [4.69, 9.17) is 4.74 Å². The normalized spacial score (nSPS) is 21.8. The molecule has 2 heterocycles. The van der Waals surface area contributed by atoms with Gasteiger partial charge >= 0.3 is 11.8 Å². The lowest BCUT2D eigenvalue weighted by molar-refractivity contribution is -0.151. The van der Waals surface area contributed by atoms with Crippen molar-refractivity contribution in [2.24, 2.45) is 0 Å². The molecule has 1 aromatic carbocycles. The largest absolute Gasteiger partial charge is 0.372 e. The van der Waals surface area contributed by atoms with E-state index in [1.54, 1.807) is 18.3 Å². The first kappa shape index (κ1) is 14.5. The molecule has 0 radical (unpaired) electrons. The molecule has 2 aromatic rings. The summed E-state index contributed by atoms with van der Waals surface area (Å²) >= 11 is 0. The third kappa shape index (κ3) is 2.94. The molecule has 2 atom stereocenters. The topological polar surface area (TPSA) is 87.3 Å². The molecule has 1 aliphatic rings. The van der Waals surface area contributed by atoms with E-state index < -0.39 is 11.8 Å². The van der Waals surface area contributed by atoms with E-state index in [9.17, 15) is 9.59 Å². The van der Waals surface area contributed by atoms with Crippen molar-refractivity contribution in [2.75, 3.05) is 18.4 Å². The van der Waals surface area contributed by atoms with Gasteiger partial charge in [0.15, 0.2) is 0 Å². The highest BCUT2D eigenvalue weighted by molar-refractivity contribution is 6.39. The molecule has 7 nitrogen and oxygen atoms in total. The van der Waals surface area contributed by atoms with Gasteiger partial charge in [0.1, 0.15) is 0 Å². The van der Waals surface area contributed by atoms with Crippen LogP contribution in [-0.4, -0.2) is 52.2 Å². The fraction of sp³-hybridized carbons (Fsp3) is 0.400. The van der Waals surface area contributed by atoms with Gasteiger partial charge in [0.2, 0.25) is 0 Å². The first-order valence-electron chi connectivity index (χ1n) is 7.22. The molecule has 1 saturated heterocycles. The Kier molecular flexibility index (Phi) is 3.81. The average Bonchev–Trinajstić information content (AvgIpc) is 2.93. The molecule has 22 heavy (non-hydrogen) atoms. The summed E-state index contributed by atoms with van der Waals surface area (Å²) in [6.45, 7) is 4.63. The van der Waals surface area contributed by atoms with Crippen molar-refractivity contribution in [3.05, 3.63) is 24.4 Å². The number of nitrogens with one attached hydrogen (secondary N) is 2. The van der Waals surface area contributed by atoms with Crippen molar-refractivity contribution in [1.29, 1.82) is 0 Å². The molecule has 0 saturated carbocycles. The number of fused-ring (bicyclic) bond motifs is 1. The Labute approximate surface area is 127 Å². The maximum atomic E-state index is 12.2. The molecule has 2 N–H and O–H groups in total. The highest BCUT2D eigenvalue weighted by Gasteiger charge is 2.29. The van der Waals surface area contributed by atoms with E-state index in [1.165, 1.54) is 4.90 Å². The lowest BCUT2D eigenvalue weighted by Gasteiger charge is -2.34. The molecule has 1 aliphatic heterocycles. The molecular formula is C15H18N4O3. The molecule has 0 bridgehead atoms. The van der Waals surface area contributed by atoms with Crippen LogP contribution in [0.5, 0.6) is 0 Å². The number of nitrogens with zero attached hydrogens (tertiary/aromatic N) is 2. The SMILES string of the molecule is CC1CN(C(=O)C(=O)Nc2ccc3cn[nH]c3c2)CC(C)O1. The smallest absolute Gasteiger partial charge is 0.313 e. The predicted molar refractivity (Wildman–Crippen MR) is 81.3 cm³/mol. The van der Waals surface area contributed by atoms with Gasteiger partial charge in [-0.25, -0.2) is 0 Å². The number of H-pyrrole nitrogens is 1. The number of rotatable bonds is 1. The number of ether oxygens (including phenoxy) is 1. The summed E-state index contributed by atoms with van der Waals surface area (Å²) in [7, 11) is 0. The molecule has 116 valence electrons. The highest BCUT2D eigenvalue weighted by atomic mass is 16.5. The Hall–Kier alpha value is -2.41. The van der Waals surface area contributed by atoms with Gasteiger partial charge in [-0.1, -0.05) is 0 Å². The van der Waals surface area contributed by atoms with E-state index in [1.807, 2.05) is 19.9 Å². The summed E-state index contributed by atoms with van der Waals surface area (Å²) < 4.78 is 5.57. The van der Waals surface area contributed by atoms with Gasteiger partial charge in [-0.15, -0.1) is 0 Å². The quantitative estimate of drug-likeness (QED) is 0.773. The second kappa shape index (κ2) is 5.76. The number of hydrogen-bond acceptors (Lipinski definition) is 4. The molecule has 0 aliphatic carbocycles. The molecular weight excluding hydrogens is 284 g/mol. The Balaban J connectivity index is 1.69. The number of anilines is 1. The van der Waals surface area contributed by atoms with Crippen LogP contribution in [-0.2, 0) is 14.3 Å². The second-order valence-corrected chi connectivity index (χ2v) is 5.59. The predicted octanol–water partition coefficient (Wildman–Crippen LogP) is 1.14. The molecule has 1 fully saturated rings. The number of carbonyl (C=O) groups excluding carboxylic acids is 2. The lowest BCUT2D eigenvalue weighted by Crippen LogP contribution is -2.51. The van der Waals surface area contributed by atoms with Crippen molar-refractivity contribution >= 4 is 28.4 Å². The van der Waals surface area contributed by atoms with Crippen molar-refractivity contribution in [1.82, 2.24) is 15.1 Å². The molecule has 7 heteroatoms. The highest BCUT2D eigenvalue weighted by Crippen LogP contribution is 2.17.